The number of halogens is 1. The monoisotopic (exact) mass is 132 g/mol. The Morgan fingerprint density at radius 3 is 2.50 bits per heavy atom. The van der Waals surface area contributed by atoms with Gasteiger partial charge in [0.05, 0.1) is 12.1 Å². The van der Waals surface area contributed by atoms with Gasteiger partial charge in [0.25, 0.3) is 0 Å². The number of nitriles is 1. The van der Waals surface area contributed by atoms with E-state index in [1.807, 2.05) is 6.07 Å². The Bertz CT molecular complexity index is 95.1. The lowest BCUT2D eigenvalue weighted by atomic mass is 10.2. The molecule has 46 valence electrons. The lowest BCUT2D eigenvalue weighted by Gasteiger charge is -1.90. The molecule has 0 aromatic rings. The molecule has 0 saturated heterocycles. The molecule has 8 heavy (non-hydrogen) atoms. The number of hydrogen-bond acceptors (Lipinski definition) is 2. The molecule has 2 nitrogen and oxygen atoms in total. The Hall–Kier alpha value is -0.520. The van der Waals surface area contributed by atoms with Crippen molar-refractivity contribution in [2.24, 2.45) is 5.73 Å². The molecule has 0 aliphatic rings. The molecule has 0 saturated carbocycles. The van der Waals surface area contributed by atoms with Crippen molar-refractivity contribution in [2.75, 3.05) is 0 Å². The highest BCUT2D eigenvalue weighted by atomic mass is 35.5. The van der Waals surface area contributed by atoms with Crippen molar-refractivity contribution in [2.45, 2.75) is 12.5 Å². The van der Waals surface area contributed by atoms with Crippen molar-refractivity contribution in [3.8, 4) is 6.07 Å². The van der Waals surface area contributed by atoms with Crippen LogP contribution >= 0.6 is 12.4 Å². The molecule has 0 aromatic heterocycles. The average molecular weight is 133 g/mol. The first kappa shape index (κ1) is 10.5. The average Bonchev–Trinajstić information content (AvgIpc) is 1.68. The highest BCUT2D eigenvalue weighted by molar-refractivity contribution is 5.85. The van der Waals surface area contributed by atoms with Crippen molar-refractivity contribution >= 4 is 12.4 Å². The Kier molecular flexibility index (Phi) is 8.47. The third-order valence-corrected chi connectivity index (χ3v) is 0.586. The van der Waals surface area contributed by atoms with Gasteiger partial charge in [0.1, 0.15) is 0 Å². The van der Waals surface area contributed by atoms with Crippen LogP contribution in [0.2, 0.25) is 0 Å². The number of rotatable bonds is 2. The summed E-state index contributed by atoms with van der Waals surface area (Å²) in [5.74, 6) is 0. The highest BCUT2D eigenvalue weighted by Gasteiger charge is 1.90. The van der Waals surface area contributed by atoms with Gasteiger partial charge in [0.15, 0.2) is 0 Å². The van der Waals surface area contributed by atoms with E-state index in [1.54, 1.807) is 6.08 Å². The van der Waals surface area contributed by atoms with Crippen molar-refractivity contribution in [1.82, 2.24) is 0 Å². The number of nitrogens with two attached hydrogens (primary N) is 1. The van der Waals surface area contributed by atoms with E-state index in [-0.39, 0.29) is 18.4 Å². The van der Waals surface area contributed by atoms with Crippen LogP contribution in [0.25, 0.3) is 0 Å². The van der Waals surface area contributed by atoms with Crippen molar-refractivity contribution in [1.29, 1.82) is 5.26 Å². The Morgan fingerprint density at radius 1 is 1.88 bits per heavy atom. The highest BCUT2D eigenvalue weighted by Crippen LogP contribution is 1.82. The van der Waals surface area contributed by atoms with Crippen LogP contribution in [0.5, 0.6) is 0 Å². The molecule has 1 atom stereocenters. The molecule has 0 aliphatic heterocycles. The fourth-order valence-corrected chi connectivity index (χ4v) is 0.232. The summed E-state index contributed by atoms with van der Waals surface area (Å²) in [4.78, 5) is 0. The van der Waals surface area contributed by atoms with Crippen molar-refractivity contribution in [3.05, 3.63) is 12.7 Å². The first-order chi connectivity index (χ1) is 3.31. The first-order valence-corrected chi connectivity index (χ1v) is 2.07. The SMILES string of the molecule is C=CCC(N)C#N.Cl. The summed E-state index contributed by atoms with van der Waals surface area (Å²) in [6, 6.07) is 1.51. The normalized spacial score (nSPS) is 10.5. The number of nitrogens with zero attached hydrogens (tertiary/aromatic N) is 1. The van der Waals surface area contributed by atoms with Crippen LogP contribution in [0.15, 0.2) is 12.7 Å². The summed E-state index contributed by atoms with van der Waals surface area (Å²) < 4.78 is 0. The maximum Gasteiger partial charge on any atom is 0.0962 e. The molecule has 0 heterocycles. The topological polar surface area (TPSA) is 49.8 Å². The van der Waals surface area contributed by atoms with Gasteiger partial charge in [0.2, 0.25) is 0 Å². The van der Waals surface area contributed by atoms with Gasteiger partial charge in [-0.05, 0) is 6.42 Å². The molecule has 0 amide bonds. The van der Waals surface area contributed by atoms with E-state index in [0.29, 0.717) is 6.42 Å². The van der Waals surface area contributed by atoms with Gasteiger partial charge >= 0.3 is 0 Å². The van der Waals surface area contributed by atoms with Crippen molar-refractivity contribution < 1.29 is 0 Å². The van der Waals surface area contributed by atoms with Crippen LogP contribution in [0.3, 0.4) is 0 Å². The van der Waals surface area contributed by atoms with Crippen LogP contribution in [-0.4, -0.2) is 6.04 Å². The zero-order chi connectivity index (χ0) is 5.70. The lowest BCUT2D eigenvalue weighted by molar-refractivity contribution is 0.849. The third-order valence-electron chi connectivity index (χ3n) is 0.586. The van der Waals surface area contributed by atoms with E-state index in [9.17, 15) is 0 Å². The predicted molar refractivity (Wildman–Crippen MR) is 35.7 cm³/mol. The molecular weight excluding hydrogens is 124 g/mol. The predicted octanol–water partition coefficient (Wildman–Crippen LogP) is 0.835. The molecule has 1 unspecified atom stereocenters. The van der Waals surface area contributed by atoms with Gasteiger partial charge in [-0.2, -0.15) is 5.26 Å². The maximum atomic E-state index is 8.04. The van der Waals surface area contributed by atoms with Gasteiger partial charge in [-0.15, -0.1) is 19.0 Å². The van der Waals surface area contributed by atoms with Crippen molar-refractivity contribution in [3.63, 3.8) is 0 Å². The minimum absolute atomic E-state index is 0. The second-order valence-electron chi connectivity index (χ2n) is 1.26. The Morgan fingerprint density at radius 2 is 2.38 bits per heavy atom. The number of hydrogen-bond donors (Lipinski definition) is 1. The largest absolute Gasteiger partial charge is 0.316 e. The van der Waals surface area contributed by atoms with Crippen LogP contribution in [0.4, 0.5) is 0 Å². The zero-order valence-corrected chi connectivity index (χ0v) is 5.32. The molecule has 0 aromatic carbocycles. The van der Waals surface area contributed by atoms with Gasteiger partial charge in [-0.3, -0.25) is 0 Å². The lowest BCUT2D eigenvalue weighted by Crippen LogP contribution is -2.15. The minimum atomic E-state index is -0.363. The summed E-state index contributed by atoms with van der Waals surface area (Å²) in [5.41, 5.74) is 5.15. The molecule has 0 spiro atoms. The molecular formula is C5H9ClN2. The summed E-state index contributed by atoms with van der Waals surface area (Å²) in [6.07, 6.45) is 2.21. The molecule has 0 radical (unpaired) electrons. The van der Waals surface area contributed by atoms with Gasteiger partial charge < -0.3 is 5.73 Å². The van der Waals surface area contributed by atoms with Gasteiger partial charge in [-0.1, -0.05) is 6.08 Å². The fourth-order valence-electron chi connectivity index (χ4n) is 0.232. The zero-order valence-electron chi connectivity index (χ0n) is 4.50. The van der Waals surface area contributed by atoms with E-state index >= 15 is 0 Å². The first-order valence-electron chi connectivity index (χ1n) is 2.07. The smallest absolute Gasteiger partial charge is 0.0962 e. The Labute approximate surface area is 55.4 Å². The van der Waals surface area contributed by atoms with Crippen LogP contribution in [0.1, 0.15) is 6.42 Å². The van der Waals surface area contributed by atoms with Gasteiger partial charge in [0, 0.05) is 0 Å². The van der Waals surface area contributed by atoms with Gasteiger partial charge in [-0.25, -0.2) is 0 Å². The molecule has 2 N–H and O–H groups in total. The quantitative estimate of drug-likeness (QED) is 0.566. The van der Waals surface area contributed by atoms with E-state index in [0.717, 1.165) is 0 Å². The van der Waals surface area contributed by atoms with E-state index in [1.165, 1.54) is 0 Å². The minimum Gasteiger partial charge on any atom is -0.316 e. The van der Waals surface area contributed by atoms with E-state index < -0.39 is 0 Å². The second-order valence-corrected chi connectivity index (χ2v) is 1.26. The second kappa shape index (κ2) is 6.48. The maximum absolute atomic E-state index is 8.04. The molecule has 0 bridgehead atoms. The van der Waals surface area contributed by atoms with E-state index in [4.69, 9.17) is 11.0 Å². The standard InChI is InChI=1S/C5H8N2.ClH/c1-2-3-5(7)4-6;/h2,5H,1,3,7H2;1H. The third kappa shape index (κ3) is 5.48. The summed E-state index contributed by atoms with van der Waals surface area (Å²) in [5, 5.41) is 8.04. The summed E-state index contributed by atoms with van der Waals surface area (Å²) in [7, 11) is 0. The molecule has 0 aliphatic carbocycles. The molecule has 0 fully saturated rings. The van der Waals surface area contributed by atoms with Crippen LogP contribution < -0.4 is 5.73 Å². The molecule has 0 rings (SSSR count). The van der Waals surface area contributed by atoms with Crippen LogP contribution in [0, 0.1) is 11.3 Å². The van der Waals surface area contributed by atoms with Crippen LogP contribution in [-0.2, 0) is 0 Å². The Balaban J connectivity index is 0. The summed E-state index contributed by atoms with van der Waals surface area (Å²) in [6.45, 7) is 3.42. The fraction of sp³-hybridized carbons (Fsp3) is 0.400. The molecule has 3 heteroatoms. The van der Waals surface area contributed by atoms with E-state index in [2.05, 4.69) is 6.58 Å². The summed E-state index contributed by atoms with van der Waals surface area (Å²) >= 11 is 0.